The maximum Gasteiger partial charge on any atom is 0.462 e. The molecule has 0 fully saturated rings. The Morgan fingerprint density at radius 3 is 1.29 bits per heavy atom. The van der Waals surface area contributed by atoms with E-state index >= 15 is 0 Å². The quantitative estimate of drug-likeness (QED) is 0.166. The van der Waals surface area contributed by atoms with Crippen molar-refractivity contribution in [1.29, 1.82) is 0 Å². The molecule has 0 aromatic rings. The maximum atomic E-state index is 13.9. The minimum atomic E-state index is -8.08. The number of carbonyl (C=O) groups is 1. The van der Waals surface area contributed by atoms with E-state index in [4.69, 9.17) is 0 Å². The minimum Gasteiger partial charge on any atom is -0.311 e. The van der Waals surface area contributed by atoms with Crippen molar-refractivity contribution in [3.05, 3.63) is 0 Å². The SMILES string of the molecule is CC(C)=NOC(=O)[C@](F)(OC(F)(F)[C@](F)(OC(F)(F)C(F)(F)C(F)(F)F)C(F)(F)F)C(F)(F)F. The number of ether oxygens (including phenoxy) is 2. The van der Waals surface area contributed by atoms with Gasteiger partial charge in [-0.3, -0.25) is 9.47 Å². The average Bonchev–Trinajstić information content (AvgIpc) is 2.55. The molecule has 0 heterocycles. The first-order valence-electron chi connectivity index (χ1n) is 7.34. The van der Waals surface area contributed by atoms with E-state index in [0.29, 0.717) is 0 Å². The lowest BCUT2D eigenvalue weighted by atomic mass is 10.2. The second-order valence-electron chi connectivity index (χ2n) is 5.91. The lowest BCUT2D eigenvalue weighted by molar-refractivity contribution is -0.548. The summed E-state index contributed by atoms with van der Waals surface area (Å²) in [5.74, 6) is -26.7. The van der Waals surface area contributed by atoms with Crippen LogP contribution in [0.1, 0.15) is 13.8 Å². The van der Waals surface area contributed by atoms with E-state index in [1.807, 2.05) is 0 Å². The van der Waals surface area contributed by atoms with E-state index in [0.717, 1.165) is 13.8 Å². The fraction of sp³-hybridized carbons (Fsp3) is 0.833. The third kappa shape index (κ3) is 5.74. The summed E-state index contributed by atoms with van der Waals surface area (Å²) in [7, 11) is 0. The molecule has 5 nitrogen and oxygen atoms in total. The Morgan fingerprint density at radius 1 is 0.588 bits per heavy atom. The highest BCUT2D eigenvalue weighted by atomic mass is 19.4. The van der Waals surface area contributed by atoms with Gasteiger partial charge in [-0.1, -0.05) is 5.16 Å². The van der Waals surface area contributed by atoms with Gasteiger partial charge < -0.3 is 4.84 Å². The lowest BCUT2D eigenvalue weighted by Gasteiger charge is -2.39. The Kier molecular flexibility index (Phi) is 8.27. The van der Waals surface area contributed by atoms with E-state index in [9.17, 15) is 79.4 Å². The zero-order chi connectivity index (χ0) is 28.0. The fourth-order valence-electron chi connectivity index (χ4n) is 1.34. The van der Waals surface area contributed by atoms with Crippen LogP contribution in [0.15, 0.2) is 5.16 Å². The normalized spacial score (nSPS) is 18.1. The molecule has 0 aliphatic rings. The number of alkyl halides is 17. The van der Waals surface area contributed by atoms with E-state index in [1.54, 1.807) is 4.74 Å². The molecular formula is C12H6F17NO4. The number of oxime groups is 1. The zero-order valence-electron chi connectivity index (χ0n) is 15.5. The molecule has 0 radical (unpaired) electrons. The van der Waals surface area contributed by atoms with Crippen molar-refractivity contribution in [2.24, 2.45) is 5.16 Å². The summed E-state index contributed by atoms with van der Waals surface area (Å²) in [6.45, 7) is 1.56. The van der Waals surface area contributed by atoms with Gasteiger partial charge in [0.05, 0.1) is 5.71 Å². The van der Waals surface area contributed by atoms with Crippen molar-refractivity contribution >= 4 is 11.7 Å². The molecule has 0 N–H and O–H groups in total. The van der Waals surface area contributed by atoms with Gasteiger partial charge in [-0.15, -0.1) is 0 Å². The largest absolute Gasteiger partial charge is 0.462 e. The molecule has 0 bridgehead atoms. The molecule has 0 unspecified atom stereocenters. The van der Waals surface area contributed by atoms with Crippen LogP contribution in [-0.2, 0) is 19.1 Å². The van der Waals surface area contributed by atoms with Crippen LogP contribution < -0.4 is 0 Å². The zero-order valence-corrected chi connectivity index (χ0v) is 15.5. The van der Waals surface area contributed by atoms with Crippen molar-refractivity contribution in [1.82, 2.24) is 0 Å². The first kappa shape index (κ1) is 31.9. The first-order valence-corrected chi connectivity index (χ1v) is 7.34. The van der Waals surface area contributed by atoms with Gasteiger partial charge in [0, 0.05) is 0 Å². The molecule has 0 aliphatic heterocycles. The number of halogens is 17. The second kappa shape index (κ2) is 8.82. The molecule has 0 aromatic heterocycles. The highest BCUT2D eigenvalue weighted by Crippen LogP contribution is 2.56. The van der Waals surface area contributed by atoms with Crippen LogP contribution in [-0.4, -0.2) is 60.1 Å². The number of hydrogen-bond acceptors (Lipinski definition) is 5. The van der Waals surface area contributed by atoms with Crippen molar-refractivity contribution in [2.45, 2.75) is 62.2 Å². The molecule has 0 spiro atoms. The number of hydrogen-bond donors (Lipinski definition) is 0. The van der Waals surface area contributed by atoms with Crippen LogP contribution in [0, 0.1) is 0 Å². The van der Waals surface area contributed by atoms with Gasteiger partial charge in [-0.05, 0) is 13.8 Å². The highest BCUT2D eigenvalue weighted by Gasteiger charge is 2.85. The van der Waals surface area contributed by atoms with Crippen molar-refractivity contribution in [3.8, 4) is 0 Å². The molecular weight excluding hydrogens is 545 g/mol. The predicted molar refractivity (Wildman–Crippen MR) is 67.7 cm³/mol. The topological polar surface area (TPSA) is 57.1 Å². The van der Waals surface area contributed by atoms with E-state index in [-0.39, 0.29) is 0 Å². The average molecular weight is 551 g/mol. The van der Waals surface area contributed by atoms with Gasteiger partial charge in [-0.25, -0.2) is 4.79 Å². The van der Waals surface area contributed by atoms with Crippen LogP contribution in [0.2, 0.25) is 0 Å². The molecule has 0 aromatic carbocycles. The van der Waals surface area contributed by atoms with Gasteiger partial charge in [-0.2, -0.15) is 74.6 Å². The summed E-state index contributed by atoms with van der Waals surface area (Å²) < 4.78 is 222. The third-order valence-electron chi connectivity index (χ3n) is 2.94. The third-order valence-corrected chi connectivity index (χ3v) is 2.94. The Morgan fingerprint density at radius 2 is 1.00 bits per heavy atom. The molecule has 0 aliphatic carbocycles. The molecule has 34 heavy (non-hydrogen) atoms. The molecule has 202 valence electrons. The van der Waals surface area contributed by atoms with Gasteiger partial charge in [0.15, 0.2) is 0 Å². The van der Waals surface area contributed by atoms with E-state index in [1.165, 1.54) is 4.74 Å². The van der Waals surface area contributed by atoms with Gasteiger partial charge in [0.2, 0.25) is 0 Å². The summed E-state index contributed by atoms with van der Waals surface area (Å²) in [5.41, 5.74) is -0.600. The predicted octanol–water partition coefficient (Wildman–Crippen LogP) is 5.80. The summed E-state index contributed by atoms with van der Waals surface area (Å²) in [6.07, 6.45) is -38.7. The molecule has 0 saturated heterocycles. The Labute approximate surface area is 174 Å². The van der Waals surface area contributed by atoms with Crippen molar-refractivity contribution in [3.63, 3.8) is 0 Å². The van der Waals surface area contributed by atoms with Gasteiger partial charge in [0.1, 0.15) is 0 Å². The summed E-state index contributed by atoms with van der Waals surface area (Å²) >= 11 is 0. The lowest BCUT2D eigenvalue weighted by Crippen LogP contribution is -2.68. The second-order valence-corrected chi connectivity index (χ2v) is 5.91. The Bertz CT molecular complexity index is 781. The summed E-state index contributed by atoms with van der Waals surface area (Å²) in [4.78, 5) is 14.2. The highest BCUT2D eigenvalue weighted by molar-refractivity contribution is 5.82. The van der Waals surface area contributed by atoms with Gasteiger partial charge in [0.25, 0.3) is 0 Å². The monoisotopic (exact) mass is 551 g/mol. The van der Waals surface area contributed by atoms with Crippen LogP contribution in [0.25, 0.3) is 0 Å². The van der Waals surface area contributed by atoms with Crippen molar-refractivity contribution < 1.29 is 93.7 Å². The standard InChI is InChI=1S/C12H6F17NO4/c1-3(2)30-32-4(31)5(13,8(17,18)19)33-12(28,29)7(16,10(23,24)25)34-11(26,27)6(14,15)9(20,21)22/h1-2H3/t5-,7+/m0/s1. The molecule has 2 atom stereocenters. The number of rotatable bonds is 8. The van der Waals surface area contributed by atoms with Crippen LogP contribution >= 0.6 is 0 Å². The van der Waals surface area contributed by atoms with Crippen LogP contribution in [0.3, 0.4) is 0 Å². The number of nitrogens with zero attached hydrogens (tertiary/aromatic N) is 1. The Balaban J connectivity index is 6.75. The van der Waals surface area contributed by atoms with Crippen LogP contribution in [0.4, 0.5) is 74.6 Å². The number of carbonyl (C=O) groups excluding carboxylic acids is 1. The van der Waals surface area contributed by atoms with Gasteiger partial charge >= 0.3 is 54.3 Å². The molecule has 0 saturated carbocycles. The summed E-state index contributed by atoms with van der Waals surface area (Å²) in [5, 5.41) is 2.27. The first-order chi connectivity index (χ1) is 14.5. The smallest absolute Gasteiger partial charge is 0.311 e. The Hall–Kier alpha value is -2.13. The fourth-order valence-corrected chi connectivity index (χ4v) is 1.34. The van der Waals surface area contributed by atoms with E-state index < -0.39 is 60.1 Å². The van der Waals surface area contributed by atoms with E-state index in [2.05, 4.69) is 9.99 Å². The molecule has 0 amide bonds. The van der Waals surface area contributed by atoms with Crippen molar-refractivity contribution in [2.75, 3.05) is 0 Å². The molecule has 0 rings (SSSR count). The molecule has 22 heteroatoms. The van der Waals surface area contributed by atoms with Crippen LogP contribution in [0.5, 0.6) is 0 Å². The minimum absolute atomic E-state index is 0.600. The summed E-state index contributed by atoms with van der Waals surface area (Å²) in [6, 6.07) is 0. The maximum absolute atomic E-state index is 13.9.